The van der Waals surface area contributed by atoms with Gasteiger partial charge in [0, 0.05) is 5.56 Å². The van der Waals surface area contributed by atoms with Gasteiger partial charge in [0.1, 0.15) is 18.8 Å². The third-order valence-electron chi connectivity index (χ3n) is 5.30. The predicted molar refractivity (Wildman–Crippen MR) is 129 cm³/mol. The van der Waals surface area contributed by atoms with Crippen LogP contribution in [0, 0.1) is 12.3 Å². The van der Waals surface area contributed by atoms with E-state index in [4.69, 9.17) is 25.7 Å². The molecule has 4 rings (SSSR count). The molecule has 33 heavy (non-hydrogen) atoms. The van der Waals surface area contributed by atoms with E-state index in [1.807, 2.05) is 78.0 Å². The van der Waals surface area contributed by atoms with Crippen molar-refractivity contribution in [1.82, 2.24) is 5.01 Å². The Morgan fingerprint density at radius 3 is 2.06 bits per heavy atom. The predicted octanol–water partition coefficient (Wildman–Crippen LogP) is 4.81. The van der Waals surface area contributed by atoms with Crippen molar-refractivity contribution < 1.29 is 14.2 Å². The van der Waals surface area contributed by atoms with Gasteiger partial charge in [0.15, 0.2) is 6.29 Å². The summed E-state index contributed by atoms with van der Waals surface area (Å²) < 4.78 is 18.0. The van der Waals surface area contributed by atoms with Crippen LogP contribution in [-0.4, -0.2) is 36.6 Å². The topological polar surface area (TPSA) is 43.3 Å². The first kappa shape index (κ1) is 22.8. The fourth-order valence-electron chi connectivity index (χ4n) is 3.65. The highest BCUT2D eigenvalue weighted by Crippen LogP contribution is 2.27. The lowest BCUT2D eigenvalue weighted by Gasteiger charge is -2.34. The number of hydrogen-bond acceptors (Lipinski definition) is 5. The van der Waals surface area contributed by atoms with Crippen LogP contribution in [0.1, 0.15) is 23.0 Å². The zero-order valence-electron chi connectivity index (χ0n) is 18.5. The summed E-state index contributed by atoms with van der Waals surface area (Å²) in [4.78, 5) is 0. The van der Waals surface area contributed by atoms with E-state index in [1.54, 1.807) is 0 Å². The van der Waals surface area contributed by atoms with Crippen molar-refractivity contribution in [2.24, 2.45) is 5.10 Å². The molecule has 0 unspecified atom stereocenters. The van der Waals surface area contributed by atoms with Crippen LogP contribution in [0.4, 0.5) is 0 Å². The summed E-state index contributed by atoms with van der Waals surface area (Å²) in [6.45, 7) is 1.91. The van der Waals surface area contributed by atoms with Gasteiger partial charge in [-0.1, -0.05) is 96.9 Å². The molecule has 0 amide bonds. The van der Waals surface area contributed by atoms with E-state index < -0.39 is 12.4 Å². The number of hydrazone groups is 1. The van der Waals surface area contributed by atoms with Crippen molar-refractivity contribution in [2.75, 3.05) is 13.2 Å². The average Bonchev–Trinajstić information content (AvgIpc) is 2.88. The summed E-state index contributed by atoms with van der Waals surface area (Å²) >= 11 is 0. The summed E-state index contributed by atoms with van der Waals surface area (Å²) in [6, 6.07) is 30.4. The van der Waals surface area contributed by atoms with Gasteiger partial charge in [-0.25, -0.2) is 0 Å². The lowest BCUT2D eigenvalue weighted by Crippen LogP contribution is -2.43. The second kappa shape index (κ2) is 12.0. The summed E-state index contributed by atoms with van der Waals surface area (Å²) in [5, 5.41) is 6.85. The summed E-state index contributed by atoms with van der Waals surface area (Å²) in [5.74, 6) is 2.52. The lowest BCUT2D eigenvalue weighted by molar-refractivity contribution is -0.244. The molecule has 1 aliphatic rings. The molecule has 3 atom stereocenters. The van der Waals surface area contributed by atoms with E-state index in [0.717, 1.165) is 5.56 Å². The zero-order valence-corrected chi connectivity index (χ0v) is 18.5. The maximum atomic E-state index is 6.24. The molecular weight excluding hydrogens is 412 g/mol. The number of terminal acetylenes is 1. The molecule has 5 heteroatoms. The van der Waals surface area contributed by atoms with Crippen LogP contribution in [0.15, 0.2) is 96.1 Å². The van der Waals surface area contributed by atoms with Gasteiger partial charge in [-0.05, 0) is 11.1 Å². The van der Waals surface area contributed by atoms with Crippen LogP contribution < -0.4 is 0 Å². The highest BCUT2D eigenvalue weighted by Gasteiger charge is 2.32. The first-order chi connectivity index (χ1) is 16.3. The SMILES string of the molecule is C#CCO[C@@H]1CO[C@H](c2ccccc2)O[C@@H]1/C=N/N(Cc1ccccc1)Cc1ccccc1. The fraction of sp³-hybridized carbons (Fsp3) is 0.250. The molecule has 0 radical (unpaired) electrons. The van der Waals surface area contributed by atoms with Gasteiger partial charge in [-0.3, -0.25) is 5.01 Å². The Bertz CT molecular complexity index is 994. The van der Waals surface area contributed by atoms with E-state index in [0.29, 0.717) is 19.7 Å². The van der Waals surface area contributed by atoms with Gasteiger partial charge in [-0.2, -0.15) is 5.10 Å². The van der Waals surface area contributed by atoms with Gasteiger partial charge in [0.2, 0.25) is 0 Å². The van der Waals surface area contributed by atoms with Crippen molar-refractivity contribution >= 4 is 6.21 Å². The molecule has 1 aliphatic heterocycles. The molecule has 0 bridgehead atoms. The van der Waals surface area contributed by atoms with Crippen LogP contribution in [-0.2, 0) is 27.3 Å². The molecule has 1 saturated heterocycles. The van der Waals surface area contributed by atoms with Crippen molar-refractivity contribution in [3.8, 4) is 12.3 Å². The molecule has 0 aliphatic carbocycles. The Balaban J connectivity index is 1.52. The van der Waals surface area contributed by atoms with Gasteiger partial charge in [-0.15, -0.1) is 6.42 Å². The zero-order chi connectivity index (χ0) is 22.7. The molecule has 3 aromatic carbocycles. The molecule has 0 saturated carbocycles. The smallest absolute Gasteiger partial charge is 0.184 e. The third-order valence-corrected chi connectivity index (χ3v) is 5.30. The first-order valence-electron chi connectivity index (χ1n) is 11.1. The van der Waals surface area contributed by atoms with Crippen LogP contribution in [0.25, 0.3) is 0 Å². The Labute approximate surface area is 195 Å². The maximum absolute atomic E-state index is 6.24. The average molecular weight is 441 g/mol. The molecular formula is C28H28N2O3. The molecule has 5 nitrogen and oxygen atoms in total. The van der Waals surface area contributed by atoms with Gasteiger partial charge >= 0.3 is 0 Å². The third kappa shape index (κ3) is 6.77. The van der Waals surface area contributed by atoms with Gasteiger partial charge < -0.3 is 14.2 Å². The minimum Gasteiger partial charge on any atom is -0.360 e. The van der Waals surface area contributed by atoms with Crippen molar-refractivity contribution in [3.63, 3.8) is 0 Å². The minimum atomic E-state index is -0.481. The second-order valence-corrected chi connectivity index (χ2v) is 7.79. The molecule has 3 aromatic rings. The number of rotatable bonds is 9. The molecule has 0 aromatic heterocycles. The molecule has 0 N–H and O–H groups in total. The number of benzene rings is 3. The summed E-state index contributed by atoms with van der Waals surface area (Å²) in [5.41, 5.74) is 3.32. The van der Waals surface area contributed by atoms with Gasteiger partial charge in [0.25, 0.3) is 0 Å². The Morgan fingerprint density at radius 2 is 1.48 bits per heavy atom. The number of hydrogen-bond donors (Lipinski definition) is 0. The van der Waals surface area contributed by atoms with Crippen molar-refractivity contribution in [3.05, 3.63) is 108 Å². The monoisotopic (exact) mass is 440 g/mol. The first-order valence-corrected chi connectivity index (χ1v) is 11.1. The largest absolute Gasteiger partial charge is 0.360 e. The summed E-state index contributed by atoms with van der Waals surface area (Å²) in [7, 11) is 0. The number of ether oxygens (including phenoxy) is 3. The maximum Gasteiger partial charge on any atom is 0.184 e. The second-order valence-electron chi connectivity index (χ2n) is 7.79. The fourth-order valence-corrected chi connectivity index (χ4v) is 3.65. The standard InChI is InChI=1S/C28H28N2O3/c1-2-18-31-27-22-32-28(25-16-10-5-11-17-25)33-26(27)19-29-30(20-23-12-6-3-7-13-23)21-24-14-8-4-9-15-24/h1,3-17,19,26-28H,18,20-22H2/b29-19+/t26-,27-,28+/m1/s1. The number of nitrogens with zero attached hydrogens (tertiary/aromatic N) is 2. The Kier molecular flexibility index (Phi) is 8.26. The highest BCUT2D eigenvalue weighted by molar-refractivity contribution is 5.64. The highest BCUT2D eigenvalue weighted by atomic mass is 16.7. The van der Waals surface area contributed by atoms with Crippen molar-refractivity contribution in [1.29, 1.82) is 0 Å². The van der Waals surface area contributed by atoms with E-state index in [2.05, 4.69) is 30.2 Å². The quantitative estimate of drug-likeness (QED) is 0.272. The van der Waals surface area contributed by atoms with Crippen molar-refractivity contribution in [2.45, 2.75) is 31.6 Å². The van der Waals surface area contributed by atoms with Crippen LogP contribution in [0.2, 0.25) is 0 Å². The van der Waals surface area contributed by atoms with Gasteiger partial charge in [0.05, 0.1) is 25.9 Å². The molecule has 0 spiro atoms. The lowest BCUT2D eigenvalue weighted by atomic mass is 10.1. The molecule has 168 valence electrons. The Hall–Kier alpha value is -3.43. The Morgan fingerprint density at radius 1 is 0.909 bits per heavy atom. The molecule has 1 heterocycles. The van der Waals surface area contributed by atoms with E-state index >= 15 is 0 Å². The summed E-state index contributed by atoms with van der Waals surface area (Å²) in [6.07, 6.45) is 6.00. The van der Waals surface area contributed by atoms with Crippen LogP contribution in [0.3, 0.4) is 0 Å². The van der Waals surface area contributed by atoms with E-state index in [-0.39, 0.29) is 12.7 Å². The molecule has 1 fully saturated rings. The van der Waals surface area contributed by atoms with Crippen LogP contribution >= 0.6 is 0 Å². The minimum absolute atomic E-state index is 0.190. The normalized spacial score (nSPS) is 20.4. The van der Waals surface area contributed by atoms with Crippen LogP contribution in [0.5, 0.6) is 0 Å². The van der Waals surface area contributed by atoms with E-state index in [9.17, 15) is 0 Å². The van der Waals surface area contributed by atoms with E-state index in [1.165, 1.54) is 11.1 Å².